The van der Waals surface area contributed by atoms with E-state index in [0.29, 0.717) is 5.56 Å². The van der Waals surface area contributed by atoms with Crippen LogP contribution in [0.3, 0.4) is 0 Å². The van der Waals surface area contributed by atoms with Crippen molar-refractivity contribution in [3.63, 3.8) is 0 Å². The Hall–Kier alpha value is -1.71. The summed E-state index contributed by atoms with van der Waals surface area (Å²) in [4.78, 5) is 10.9. The highest BCUT2D eigenvalue weighted by atomic mass is 16.4. The SMILES string of the molecule is CCNc1cc(NCC)cc(C(=O)O)c1. The van der Waals surface area contributed by atoms with E-state index in [9.17, 15) is 4.79 Å². The van der Waals surface area contributed by atoms with Crippen LogP contribution in [0.25, 0.3) is 0 Å². The lowest BCUT2D eigenvalue weighted by molar-refractivity contribution is 0.0697. The predicted molar refractivity (Wildman–Crippen MR) is 61.7 cm³/mol. The normalized spacial score (nSPS) is 9.73. The number of hydrogen-bond acceptors (Lipinski definition) is 3. The third kappa shape index (κ3) is 3.16. The van der Waals surface area contributed by atoms with Crippen molar-refractivity contribution >= 4 is 17.3 Å². The lowest BCUT2D eigenvalue weighted by Gasteiger charge is -2.09. The first-order valence-corrected chi connectivity index (χ1v) is 5.03. The lowest BCUT2D eigenvalue weighted by atomic mass is 10.1. The lowest BCUT2D eigenvalue weighted by Crippen LogP contribution is -2.04. The topological polar surface area (TPSA) is 61.4 Å². The number of carboxylic acids is 1. The van der Waals surface area contributed by atoms with Gasteiger partial charge in [0, 0.05) is 24.5 Å². The molecule has 0 aromatic heterocycles. The van der Waals surface area contributed by atoms with Crippen LogP contribution in [-0.2, 0) is 0 Å². The fraction of sp³-hybridized carbons (Fsp3) is 0.364. The van der Waals surface area contributed by atoms with Crippen LogP contribution in [0.1, 0.15) is 24.2 Å². The molecule has 1 aromatic rings. The van der Waals surface area contributed by atoms with Gasteiger partial charge in [-0.3, -0.25) is 0 Å². The summed E-state index contributed by atoms with van der Waals surface area (Å²) in [5.41, 5.74) is 1.95. The molecule has 4 nitrogen and oxygen atoms in total. The second kappa shape index (κ2) is 5.24. The number of carbonyl (C=O) groups is 1. The van der Waals surface area contributed by atoms with Crippen molar-refractivity contribution in [3.05, 3.63) is 23.8 Å². The van der Waals surface area contributed by atoms with Crippen LogP contribution >= 0.6 is 0 Å². The van der Waals surface area contributed by atoms with Gasteiger partial charge in [-0.1, -0.05) is 0 Å². The van der Waals surface area contributed by atoms with Gasteiger partial charge >= 0.3 is 5.97 Å². The van der Waals surface area contributed by atoms with Crippen molar-refractivity contribution in [3.8, 4) is 0 Å². The molecule has 0 saturated heterocycles. The molecule has 0 aliphatic rings. The molecule has 15 heavy (non-hydrogen) atoms. The molecule has 0 radical (unpaired) electrons. The smallest absolute Gasteiger partial charge is 0.335 e. The standard InChI is InChI=1S/C11H16N2O2/c1-3-12-9-5-8(11(14)15)6-10(7-9)13-4-2/h5-7,12-13H,3-4H2,1-2H3,(H,14,15). The molecule has 0 fully saturated rings. The largest absolute Gasteiger partial charge is 0.478 e. The number of benzene rings is 1. The van der Waals surface area contributed by atoms with Crippen LogP contribution in [0.4, 0.5) is 11.4 Å². The van der Waals surface area contributed by atoms with E-state index in [1.54, 1.807) is 12.1 Å². The van der Waals surface area contributed by atoms with Crippen molar-refractivity contribution in [1.82, 2.24) is 0 Å². The van der Waals surface area contributed by atoms with E-state index in [2.05, 4.69) is 10.6 Å². The minimum atomic E-state index is -0.908. The summed E-state index contributed by atoms with van der Waals surface area (Å²) in [6.45, 7) is 5.49. The molecule has 0 saturated carbocycles. The average molecular weight is 208 g/mol. The van der Waals surface area contributed by atoms with Crippen molar-refractivity contribution in [2.24, 2.45) is 0 Å². The maximum absolute atomic E-state index is 10.9. The highest BCUT2D eigenvalue weighted by Crippen LogP contribution is 2.18. The maximum atomic E-state index is 10.9. The fourth-order valence-corrected chi connectivity index (χ4v) is 1.36. The van der Waals surface area contributed by atoms with Crippen molar-refractivity contribution in [2.45, 2.75) is 13.8 Å². The van der Waals surface area contributed by atoms with Crippen LogP contribution in [-0.4, -0.2) is 24.2 Å². The van der Waals surface area contributed by atoms with Crippen LogP contribution in [0.5, 0.6) is 0 Å². The fourth-order valence-electron chi connectivity index (χ4n) is 1.36. The number of hydrogen-bond donors (Lipinski definition) is 3. The van der Waals surface area contributed by atoms with Gasteiger partial charge in [-0.2, -0.15) is 0 Å². The van der Waals surface area contributed by atoms with Gasteiger partial charge in [0.25, 0.3) is 0 Å². The first kappa shape index (κ1) is 11.4. The van der Waals surface area contributed by atoms with Crippen molar-refractivity contribution in [2.75, 3.05) is 23.7 Å². The molecular weight excluding hydrogens is 192 g/mol. The molecule has 0 amide bonds. The molecule has 3 N–H and O–H groups in total. The van der Waals surface area contributed by atoms with Gasteiger partial charge in [-0.25, -0.2) is 4.79 Å². The third-order valence-corrected chi connectivity index (χ3v) is 1.94. The Labute approximate surface area is 89.3 Å². The molecule has 0 bridgehead atoms. The van der Waals surface area contributed by atoms with Gasteiger partial charge in [-0.05, 0) is 32.0 Å². The summed E-state index contributed by atoms with van der Waals surface area (Å²) in [6.07, 6.45) is 0. The Balaban J connectivity index is 3.02. The Morgan fingerprint density at radius 1 is 1.13 bits per heavy atom. The first-order chi connectivity index (χ1) is 7.17. The highest BCUT2D eigenvalue weighted by Gasteiger charge is 2.06. The molecule has 1 aromatic carbocycles. The Morgan fingerprint density at radius 2 is 1.60 bits per heavy atom. The summed E-state index contributed by atoms with van der Waals surface area (Å²) < 4.78 is 0. The maximum Gasteiger partial charge on any atom is 0.335 e. The van der Waals surface area contributed by atoms with Crippen molar-refractivity contribution in [1.29, 1.82) is 0 Å². The highest BCUT2D eigenvalue weighted by molar-refractivity contribution is 5.90. The molecular formula is C11H16N2O2. The Bertz CT molecular complexity index is 326. The molecule has 82 valence electrons. The Morgan fingerprint density at radius 3 is 1.93 bits per heavy atom. The van der Waals surface area contributed by atoms with E-state index < -0.39 is 5.97 Å². The zero-order valence-corrected chi connectivity index (χ0v) is 9.00. The van der Waals surface area contributed by atoms with Crippen LogP contribution in [0.2, 0.25) is 0 Å². The number of rotatable bonds is 5. The summed E-state index contributed by atoms with van der Waals surface area (Å²) in [5.74, 6) is -0.908. The quantitative estimate of drug-likeness (QED) is 0.694. The number of carboxylic acid groups (broad SMARTS) is 1. The molecule has 0 unspecified atom stereocenters. The van der Waals surface area contributed by atoms with Gasteiger partial charge in [0.05, 0.1) is 5.56 Å². The molecule has 0 aliphatic carbocycles. The van der Waals surface area contributed by atoms with Crippen LogP contribution in [0, 0.1) is 0 Å². The third-order valence-electron chi connectivity index (χ3n) is 1.94. The van der Waals surface area contributed by atoms with E-state index in [1.165, 1.54) is 0 Å². The van der Waals surface area contributed by atoms with E-state index in [0.717, 1.165) is 24.5 Å². The Kier molecular flexibility index (Phi) is 3.97. The monoisotopic (exact) mass is 208 g/mol. The van der Waals surface area contributed by atoms with E-state index in [-0.39, 0.29) is 0 Å². The molecule has 0 spiro atoms. The predicted octanol–water partition coefficient (Wildman–Crippen LogP) is 2.25. The second-order valence-corrected chi connectivity index (χ2v) is 3.16. The molecule has 1 rings (SSSR count). The number of aromatic carboxylic acids is 1. The summed E-state index contributed by atoms with van der Waals surface area (Å²) >= 11 is 0. The minimum Gasteiger partial charge on any atom is -0.478 e. The van der Waals surface area contributed by atoms with Crippen LogP contribution < -0.4 is 10.6 Å². The van der Waals surface area contributed by atoms with E-state index in [1.807, 2.05) is 19.9 Å². The average Bonchev–Trinajstić information content (AvgIpc) is 2.18. The zero-order chi connectivity index (χ0) is 11.3. The van der Waals surface area contributed by atoms with Gasteiger partial charge in [0.1, 0.15) is 0 Å². The minimum absolute atomic E-state index is 0.296. The second-order valence-electron chi connectivity index (χ2n) is 3.16. The van der Waals surface area contributed by atoms with Gasteiger partial charge < -0.3 is 15.7 Å². The van der Waals surface area contributed by atoms with E-state index in [4.69, 9.17) is 5.11 Å². The summed E-state index contributed by atoms with van der Waals surface area (Å²) in [6, 6.07) is 5.17. The molecule has 0 atom stereocenters. The number of nitrogens with one attached hydrogen (secondary N) is 2. The summed E-state index contributed by atoms with van der Waals surface area (Å²) in [7, 11) is 0. The molecule has 0 aliphatic heterocycles. The van der Waals surface area contributed by atoms with Crippen molar-refractivity contribution < 1.29 is 9.90 Å². The van der Waals surface area contributed by atoms with Gasteiger partial charge in [0.2, 0.25) is 0 Å². The van der Waals surface area contributed by atoms with Gasteiger partial charge in [-0.15, -0.1) is 0 Å². The summed E-state index contributed by atoms with van der Waals surface area (Å²) in [5, 5.41) is 15.1. The van der Waals surface area contributed by atoms with E-state index >= 15 is 0 Å². The molecule has 0 heterocycles. The van der Waals surface area contributed by atoms with Gasteiger partial charge in [0.15, 0.2) is 0 Å². The molecule has 4 heteroatoms. The van der Waals surface area contributed by atoms with Crippen LogP contribution in [0.15, 0.2) is 18.2 Å². The first-order valence-electron chi connectivity index (χ1n) is 5.03. The number of anilines is 2. The zero-order valence-electron chi connectivity index (χ0n) is 9.00.